The molecule has 8 nitrogen and oxygen atoms in total. The Labute approximate surface area is 173 Å². The third-order valence-corrected chi connectivity index (χ3v) is 4.93. The SMILES string of the molecule is C/N=C(\N)c1cc(C)c2nc(-c3c(NCCc4ccccn4)cc[nH]c3=O)[nH]c2c1. The number of fused-ring (bicyclic) bond motifs is 1. The maximum absolute atomic E-state index is 12.6. The van der Waals surface area contributed by atoms with Crippen molar-refractivity contribution in [3.8, 4) is 11.4 Å². The Kier molecular flexibility index (Phi) is 5.30. The highest BCUT2D eigenvalue weighted by Gasteiger charge is 2.16. The van der Waals surface area contributed by atoms with Crippen LogP contribution in [0.4, 0.5) is 5.69 Å². The molecule has 0 unspecified atom stereocenters. The van der Waals surface area contributed by atoms with Crippen molar-refractivity contribution < 1.29 is 0 Å². The summed E-state index contributed by atoms with van der Waals surface area (Å²) in [5, 5.41) is 3.34. The second kappa shape index (κ2) is 8.20. The van der Waals surface area contributed by atoms with Gasteiger partial charge in [0.05, 0.1) is 16.7 Å². The molecule has 0 saturated carbocycles. The number of H-pyrrole nitrogens is 2. The number of amidine groups is 1. The normalized spacial score (nSPS) is 11.7. The van der Waals surface area contributed by atoms with E-state index in [2.05, 4.69) is 30.2 Å². The maximum Gasteiger partial charge on any atom is 0.261 e. The van der Waals surface area contributed by atoms with E-state index in [9.17, 15) is 4.79 Å². The lowest BCUT2D eigenvalue weighted by molar-refractivity contribution is 0.960. The van der Waals surface area contributed by atoms with Gasteiger partial charge in [0.25, 0.3) is 5.56 Å². The number of hydrogen-bond donors (Lipinski definition) is 4. The van der Waals surface area contributed by atoms with Crippen LogP contribution in [0.5, 0.6) is 0 Å². The molecule has 0 amide bonds. The van der Waals surface area contributed by atoms with Gasteiger partial charge >= 0.3 is 0 Å². The van der Waals surface area contributed by atoms with Gasteiger partial charge in [-0.15, -0.1) is 0 Å². The third-order valence-electron chi connectivity index (χ3n) is 4.93. The summed E-state index contributed by atoms with van der Waals surface area (Å²) in [7, 11) is 1.65. The highest BCUT2D eigenvalue weighted by molar-refractivity contribution is 6.01. The largest absolute Gasteiger partial charge is 0.384 e. The summed E-state index contributed by atoms with van der Waals surface area (Å²) >= 11 is 0. The fourth-order valence-electron chi connectivity index (χ4n) is 3.42. The summed E-state index contributed by atoms with van der Waals surface area (Å²) in [6, 6.07) is 11.5. The molecule has 4 aromatic rings. The van der Waals surface area contributed by atoms with Crippen LogP contribution < -0.4 is 16.6 Å². The van der Waals surface area contributed by atoms with Gasteiger partial charge in [-0.2, -0.15) is 0 Å². The summed E-state index contributed by atoms with van der Waals surface area (Å²) < 4.78 is 0. The van der Waals surface area contributed by atoms with Crippen LogP contribution in [0.15, 0.2) is 58.6 Å². The van der Waals surface area contributed by atoms with Crippen LogP contribution in [0.1, 0.15) is 16.8 Å². The average Bonchev–Trinajstić information content (AvgIpc) is 3.18. The number of rotatable bonds is 6. The molecule has 3 heterocycles. The number of aromatic amines is 2. The van der Waals surface area contributed by atoms with Crippen molar-refractivity contribution in [2.45, 2.75) is 13.3 Å². The molecule has 0 radical (unpaired) electrons. The van der Waals surface area contributed by atoms with Crippen molar-refractivity contribution in [2.75, 3.05) is 18.9 Å². The van der Waals surface area contributed by atoms with Gasteiger partial charge < -0.3 is 21.0 Å². The van der Waals surface area contributed by atoms with Crippen molar-refractivity contribution in [1.82, 2.24) is 19.9 Å². The minimum atomic E-state index is -0.218. The van der Waals surface area contributed by atoms with Gasteiger partial charge in [0.15, 0.2) is 0 Å². The summed E-state index contributed by atoms with van der Waals surface area (Å²) in [6.45, 7) is 2.60. The van der Waals surface area contributed by atoms with E-state index < -0.39 is 0 Å². The Morgan fingerprint density at radius 3 is 2.90 bits per heavy atom. The number of aliphatic imine (C=N–C) groups is 1. The highest BCUT2D eigenvalue weighted by atomic mass is 16.1. The molecule has 0 saturated heterocycles. The summed E-state index contributed by atoms with van der Waals surface area (Å²) in [4.78, 5) is 31.7. The predicted octanol–water partition coefficient (Wildman–Crippen LogP) is 2.61. The van der Waals surface area contributed by atoms with E-state index in [0.717, 1.165) is 34.3 Å². The molecule has 0 spiro atoms. The molecule has 30 heavy (non-hydrogen) atoms. The second-order valence-electron chi connectivity index (χ2n) is 6.98. The summed E-state index contributed by atoms with van der Waals surface area (Å²) in [5.74, 6) is 0.949. The summed E-state index contributed by atoms with van der Waals surface area (Å²) in [5.41, 5.74) is 11.3. The van der Waals surface area contributed by atoms with Gasteiger partial charge in [-0.1, -0.05) is 6.07 Å². The third kappa shape index (κ3) is 3.80. The number of nitrogens with two attached hydrogens (primary N) is 1. The number of pyridine rings is 2. The molecule has 0 bridgehead atoms. The molecule has 4 rings (SSSR count). The monoisotopic (exact) mass is 401 g/mol. The second-order valence-corrected chi connectivity index (χ2v) is 6.98. The molecule has 1 aromatic carbocycles. The van der Waals surface area contributed by atoms with Crippen LogP contribution in [0.25, 0.3) is 22.4 Å². The van der Waals surface area contributed by atoms with E-state index in [1.54, 1.807) is 19.4 Å². The van der Waals surface area contributed by atoms with Gasteiger partial charge in [-0.3, -0.25) is 14.8 Å². The highest BCUT2D eigenvalue weighted by Crippen LogP contribution is 2.26. The van der Waals surface area contributed by atoms with E-state index in [4.69, 9.17) is 5.73 Å². The van der Waals surface area contributed by atoms with Gasteiger partial charge in [0, 0.05) is 43.7 Å². The number of nitrogens with one attached hydrogen (secondary N) is 3. The van der Waals surface area contributed by atoms with E-state index in [1.165, 1.54) is 0 Å². The zero-order valence-electron chi connectivity index (χ0n) is 16.9. The van der Waals surface area contributed by atoms with Crippen LogP contribution in [-0.4, -0.2) is 39.4 Å². The molecule has 5 N–H and O–H groups in total. The quantitative estimate of drug-likeness (QED) is 0.292. The molecule has 8 heteroatoms. The number of hydrogen-bond acceptors (Lipinski definition) is 5. The standard InChI is InChI=1S/C22H23N7O/c1-13-11-14(20(23)24-2)12-17-19(13)29-21(28-17)18-16(7-10-27-22(18)30)26-9-6-15-5-3-4-8-25-15/h3-5,7-8,10-12H,6,9H2,1-2H3,(H2,23,24)(H,28,29)(H2,26,27,30). The average molecular weight is 401 g/mol. The topological polar surface area (TPSA) is 125 Å². The molecule has 152 valence electrons. The number of benzene rings is 1. The zero-order valence-corrected chi connectivity index (χ0v) is 16.9. The molecule has 0 aliphatic carbocycles. The Hall–Kier alpha value is -3.94. The van der Waals surface area contributed by atoms with Gasteiger partial charge in [0.2, 0.25) is 0 Å². The number of aromatic nitrogens is 4. The fraction of sp³-hybridized carbons (Fsp3) is 0.182. The predicted molar refractivity (Wildman–Crippen MR) is 120 cm³/mol. The number of imidazole rings is 1. The van der Waals surface area contributed by atoms with Crippen LogP contribution in [0.3, 0.4) is 0 Å². The smallest absolute Gasteiger partial charge is 0.261 e. The number of aryl methyl sites for hydroxylation is 1. The lowest BCUT2D eigenvalue weighted by Gasteiger charge is -2.09. The van der Waals surface area contributed by atoms with Crippen molar-refractivity contribution in [1.29, 1.82) is 0 Å². The van der Waals surface area contributed by atoms with E-state index in [-0.39, 0.29) is 5.56 Å². The Balaban J connectivity index is 1.69. The lowest BCUT2D eigenvalue weighted by Crippen LogP contribution is -2.14. The van der Waals surface area contributed by atoms with E-state index in [0.29, 0.717) is 29.5 Å². The number of nitrogens with zero attached hydrogens (tertiary/aromatic N) is 3. The molecule has 0 atom stereocenters. The van der Waals surface area contributed by atoms with Crippen molar-refractivity contribution >= 4 is 22.6 Å². The molecular weight excluding hydrogens is 378 g/mol. The fourth-order valence-corrected chi connectivity index (χ4v) is 3.42. The van der Waals surface area contributed by atoms with Gasteiger partial charge in [-0.05, 0) is 42.8 Å². The van der Waals surface area contributed by atoms with E-state index >= 15 is 0 Å². The summed E-state index contributed by atoms with van der Waals surface area (Å²) in [6.07, 6.45) is 4.14. The van der Waals surface area contributed by atoms with Crippen molar-refractivity contribution in [3.63, 3.8) is 0 Å². The Morgan fingerprint density at radius 1 is 1.27 bits per heavy atom. The first-order valence-electron chi connectivity index (χ1n) is 9.65. The maximum atomic E-state index is 12.6. The van der Waals surface area contributed by atoms with Gasteiger partial charge in [0.1, 0.15) is 17.2 Å². The van der Waals surface area contributed by atoms with Gasteiger partial charge in [-0.25, -0.2) is 4.98 Å². The van der Waals surface area contributed by atoms with Crippen LogP contribution >= 0.6 is 0 Å². The molecule has 0 fully saturated rings. The lowest BCUT2D eigenvalue weighted by atomic mass is 10.1. The Bertz CT molecular complexity index is 1270. The molecule has 0 aliphatic rings. The van der Waals surface area contributed by atoms with Crippen LogP contribution in [-0.2, 0) is 6.42 Å². The Morgan fingerprint density at radius 2 is 2.13 bits per heavy atom. The minimum Gasteiger partial charge on any atom is -0.384 e. The van der Waals surface area contributed by atoms with Crippen molar-refractivity contribution in [2.24, 2.45) is 10.7 Å². The first kappa shape index (κ1) is 19.4. The number of anilines is 1. The molecular formula is C22H23N7O. The first-order chi connectivity index (χ1) is 14.6. The minimum absolute atomic E-state index is 0.218. The zero-order chi connectivity index (χ0) is 21.1. The molecule has 0 aliphatic heterocycles. The van der Waals surface area contributed by atoms with E-state index in [1.807, 2.05) is 43.3 Å². The first-order valence-corrected chi connectivity index (χ1v) is 9.65. The van der Waals surface area contributed by atoms with Crippen LogP contribution in [0.2, 0.25) is 0 Å². The van der Waals surface area contributed by atoms with Crippen LogP contribution in [0, 0.1) is 6.92 Å². The van der Waals surface area contributed by atoms with Crippen molar-refractivity contribution in [3.05, 3.63) is 76.0 Å². The molecule has 3 aromatic heterocycles.